The quantitative estimate of drug-likeness (QED) is 0.838. The maximum atomic E-state index is 11.4. The Morgan fingerprint density at radius 3 is 3.25 bits per heavy atom. The van der Waals surface area contributed by atoms with E-state index in [1.807, 2.05) is 24.3 Å². The Morgan fingerprint density at radius 1 is 1.56 bits per heavy atom. The van der Waals surface area contributed by atoms with Gasteiger partial charge in [0.05, 0.1) is 12.7 Å². The van der Waals surface area contributed by atoms with Gasteiger partial charge in [0, 0.05) is 24.9 Å². The van der Waals surface area contributed by atoms with E-state index in [9.17, 15) is 4.79 Å². The molecule has 0 unspecified atom stereocenters. The zero-order valence-corrected chi connectivity index (χ0v) is 8.82. The van der Waals surface area contributed by atoms with E-state index >= 15 is 0 Å². The minimum Gasteiger partial charge on any atom is -0.493 e. The molecule has 1 aliphatic heterocycles. The summed E-state index contributed by atoms with van der Waals surface area (Å²) in [5.41, 5.74) is 1.89. The minimum absolute atomic E-state index is 0.125. The van der Waals surface area contributed by atoms with Gasteiger partial charge in [-0.1, -0.05) is 0 Å². The molecule has 82 valence electrons. The van der Waals surface area contributed by atoms with Gasteiger partial charge >= 0.3 is 0 Å². The molecular weight excluding hydrogens is 204 g/mol. The number of hydrogen-bond acceptors (Lipinski definition) is 3. The van der Waals surface area contributed by atoms with E-state index in [-0.39, 0.29) is 18.7 Å². The molecule has 2 rings (SSSR count). The second kappa shape index (κ2) is 4.67. The van der Waals surface area contributed by atoms with Gasteiger partial charge in [0.15, 0.2) is 0 Å². The molecule has 1 N–H and O–H groups in total. The van der Waals surface area contributed by atoms with E-state index in [0.717, 1.165) is 23.4 Å². The Balaban J connectivity index is 2.00. The van der Waals surface area contributed by atoms with Crippen molar-refractivity contribution in [3.8, 4) is 11.8 Å². The zero-order chi connectivity index (χ0) is 11.4. The fraction of sp³-hybridized carbons (Fsp3) is 0.333. The first-order valence-electron chi connectivity index (χ1n) is 5.22. The molecule has 1 aromatic carbocycles. The molecule has 0 atom stereocenters. The zero-order valence-electron chi connectivity index (χ0n) is 8.82. The van der Waals surface area contributed by atoms with Crippen LogP contribution >= 0.6 is 0 Å². The normalized spacial score (nSPS) is 12.4. The Morgan fingerprint density at radius 2 is 2.44 bits per heavy atom. The first-order chi connectivity index (χ1) is 7.79. The SMILES string of the molecule is N#CCCC(=O)Nc1ccc2c(c1)CCO2. The summed E-state index contributed by atoms with van der Waals surface area (Å²) in [5.74, 6) is 0.774. The van der Waals surface area contributed by atoms with Crippen LogP contribution < -0.4 is 10.1 Å². The van der Waals surface area contributed by atoms with Crippen molar-refractivity contribution in [2.24, 2.45) is 0 Å². The summed E-state index contributed by atoms with van der Waals surface area (Å²) >= 11 is 0. The summed E-state index contributed by atoms with van der Waals surface area (Å²) in [7, 11) is 0. The summed E-state index contributed by atoms with van der Waals surface area (Å²) in [5, 5.41) is 11.1. The maximum Gasteiger partial charge on any atom is 0.225 e. The van der Waals surface area contributed by atoms with Crippen molar-refractivity contribution in [3.05, 3.63) is 23.8 Å². The van der Waals surface area contributed by atoms with Gasteiger partial charge in [0.1, 0.15) is 5.75 Å². The Kier molecular flexibility index (Phi) is 3.06. The third kappa shape index (κ3) is 2.31. The van der Waals surface area contributed by atoms with Crippen molar-refractivity contribution in [1.29, 1.82) is 5.26 Å². The smallest absolute Gasteiger partial charge is 0.225 e. The van der Waals surface area contributed by atoms with Gasteiger partial charge in [0.25, 0.3) is 0 Å². The third-order valence-corrected chi connectivity index (χ3v) is 2.44. The number of hydrogen-bond donors (Lipinski definition) is 1. The van der Waals surface area contributed by atoms with Crippen LogP contribution in [0.25, 0.3) is 0 Å². The average molecular weight is 216 g/mol. The molecule has 0 radical (unpaired) electrons. The molecule has 4 heteroatoms. The monoisotopic (exact) mass is 216 g/mol. The molecule has 0 aliphatic carbocycles. The lowest BCUT2D eigenvalue weighted by atomic mass is 10.1. The van der Waals surface area contributed by atoms with E-state index < -0.39 is 0 Å². The Labute approximate surface area is 93.8 Å². The number of fused-ring (bicyclic) bond motifs is 1. The van der Waals surface area contributed by atoms with Crippen LogP contribution in [0.2, 0.25) is 0 Å². The molecule has 0 fully saturated rings. The van der Waals surface area contributed by atoms with Crippen LogP contribution in [-0.4, -0.2) is 12.5 Å². The summed E-state index contributed by atoms with van der Waals surface area (Å²) in [6.45, 7) is 0.709. The molecule has 4 nitrogen and oxygen atoms in total. The lowest BCUT2D eigenvalue weighted by molar-refractivity contribution is -0.116. The molecule has 1 aromatic rings. The standard InChI is InChI=1S/C12H12N2O2/c13-6-1-2-12(15)14-10-3-4-11-9(8-10)5-7-16-11/h3-4,8H,1-2,5,7H2,(H,14,15). The summed E-state index contributed by atoms with van der Waals surface area (Å²) in [6.07, 6.45) is 1.38. The maximum absolute atomic E-state index is 11.4. The number of rotatable bonds is 3. The number of anilines is 1. The summed E-state index contributed by atoms with van der Waals surface area (Å²) in [6, 6.07) is 7.55. The molecular formula is C12H12N2O2. The minimum atomic E-state index is -0.125. The van der Waals surface area contributed by atoms with Crippen molar-refractivity contribution >= 4 is 11.6 Å². The van der Waals surface area contributed by atoms with Crippen molar-refractivity contribution in [2.45, 2.75) is 19.3 Å². The van der Waals surface area contributed by atoms with E-state index in [1.54, 1.807) is 0 Å². The van der Waals surface area contributed by atoms with Gasteiger partial charge in [0.2, 0.25) is 5.91 Å². The van der Waals surface area contributed by atoms with Crippen molar-refractivity contribution < 1.29 is 9.53 Å². The molecule has 0 bridgehead atoms. The second-order valence-electron chi connectivity index (χ2n) is 3.63. The molecule has 1 heterocycles. The van der Waals surface area contributed by atoms with Gasteiger partial charge in [-0.15, -0.1) is 0 Å². The number of nitriles is 1. The number of carbonyl (C=O) groups is 1. The third-order valence-electron chi connectivity index (χ3n) is 2.44. The van der Waals surface area contributed by atoms with Gasteiger partial charge in [-0.3, -0.25) is 4.79 Å². The van der Waals surface area contributed by atoms with E-state index in [0.29, 0.717) is 6.61 Å². The first kappa shape index (κ1) is 10.5. The number of nitrogens with zero attached hydrogens (tertiary/aromatic N) is 1. The Bertz CT molecular complexity index is 449. The second-order valence-corrected chi connectivity index (χ2v) is 3.63. The van der Waals surface area contributed by atoms with Crippen LogP contribution in [0, 0.1) is 11.3 Å². The largest absolute Gasteiger partial charge is 0.493 e. The summed E-state index contributed by atoms with van der Waals surface area (Å²) < 4.78 is 5.37. The molecule has 0 aromatic heterocycles. The molecule has 1 aliphatic rings. The predicted octanol–water partition coefficient (Wildman–Crippen LogP) is 1.86. The lowest BCUT2D eigenvalue weighted by Gasteiger charge is -2.05. The van der Waals surface area contributed by atoms with Crippen LogP contribution in [-0.2, 0) is 11.2 Å². The van der Waals surface area contributed by atoms with Crippen LogP contribution in [0.5, 0.6) is 5.75 Å². The van der Waals surface area contributed by atoms with Crippen molar-refractivity contribution in [1.82, 2.24) is 0 Å². The van der Waals surface area contributed by atoms with Crippen LogP contribution in [0.3, 0.4) is 0 Å². The first-order valence-corrected chi connectivity index (χ1v) is 5.22. The lowest BCUT2D eigenvalue weighted by Crippen LogP contribution is -2.10. The van der Waals surface area contributed by atoms with Crippen LogP contribution in [0.4, 0.5) is 5.69 Å². The van der Waals surface area contributed by atoms with Crippen LogP contribution in [0.1, 0.15) is 18.4 Å². The van der Waals surface area contributed by atoms with Gasteiger partial charge in [-0.2, -0.15) is 5.26 Å². The van der Waals surface area contributed by atoms with Gasteiger partial charge in [-0.05, 0) is 23.8 Å². The fourth-order valence-corrected chi connectivity index (χ4v) is 1.66. The number of nitrogens with one attached hydrogen (secondary N) is 1. The predicted molar refractivity (Wildman–Crippen MR) is 59.1 cm³/mol. The molecule has 0 saturated carbocycles. The van der Waals surface area contributed by atoms with E-state index in [4.69, 9.17) is 10.00 Å². The number of carbonyl (C=O) groups excluding carboxylic acids is 1. The number of amides is 1. The van der Waals surface area contributed by atoms with E-state index in [1.165, 1.54) is 0 Å². The highest BCUT2D eigenvalue weighted by Gasteiger charge is 2.12. The average Bonchev–Trinajstić information content (AvgIpc) is 2.73. The van der Waals surface area contributed by atoms with E-state index in [2.05, 4.69) is 5.32 Å². The van der Waals surface area contributed by atoms with Gasteiger partial charge in [-0.25, -0.2) is 0 Å². The topological polar surface area (TPSA) is 62.1 Å². The highest BCUT2D eigenvalue weighted by Crippen LogP contribution is 2.27. The number of benzene rings is 1. The summed E-state index contributed by atoms with van der Waals surface area (Å²) in [4.78, 5) is 11.4. The molecule has 0 spiro atoms. The molecule has 1 amide bonds. The Hall–Kier alpha value is -2.02. The van der Waals surface area contributed by atoms with Crippen molar-refractivity contribution in [3.63, 3.8) is 0 Å². The number of ether oxygens (including phenoxy) is 1. The van der Waals surface area contributed by atoms with Crippen LogP contribution in [0.15, 0.2) is 18.2 Å². The fourth-order valence-electron chi connectivity index (χ4n) is 1.66. The van der Waals surface area contributed by atoms with Crippen molar-refractivity contribution in [2.75, 3.05) is 11.9 Å². The molecule has 0 saturated heterocycles. The van der Waals surface area contributed by atoms with Gasteiger partial charge < -0.3 is 10.1 Å². The molecule has 16 heavy (non-hydrogen) atoms. The highest BCUT2D eigenvalue weighted by atomic mass is 16.5. The highest BCUT2D eigenvalue weighted by molar-refractivity contribution is 5.91.